The summed E-state index contributed by atoms with van der Waals surface area (Å²) in [6.07, 6.45) is 7.29. The summed E-state index contributed by atoms with van der Waals surface area (Å²) in [6, 6.07) is 16.7. The largest absolute Gasteiger partial charge is 0.0985 e. The SMILES string of the molecule is C=Cc1ccc(C)cc1C.CCC=Cc1ccccc1. The second kappa shape index (κ2) is 8.92. The summed E-state index contributed by atoms with van der Waals surface area (Å²) in [5.41, 5.74) is 5.12. The number of hydrogen-bond donors (Lipinski definition) is 0. The van der Waals surface area contributed by atoms with Crippen molar-refractivity contribution in [3.05, 3.63) is 83.4 Å². The van der Waals surface area contributed by atoms with Gasteiger partial charge in [-0.25, -0.2) is 0 Å². The monoisotopic (exact) mass is 264 g/mol. The lowest BCUT2D eigenvalue weighted by atomic mass is 10.1. The molecule has 0 heteroatoms. The fourth-order valence-electron chi connectivity index (χ4n) is 1.87. The van der Waals surface area contributed by atoms with Crippen LogP contribution in [0.3, 0.4) is 0 Å². The number of hydrogen-bond acceptors (Lipinski definition) is 0. The first-order chi connectivity index (χ1) is 9.67. The van der Waals surface area contributed by atoms with E-state index in [-0.39, 0.29) is 0 Å². The van der Waals surface area contributed by atoms with E-state index in [1.165, 1.54) is 22.3 Å². The number of aryl methyl sites for hydroxylation is 2. The van der Waals surface area contributed by atoms with Gasteiger partial charge >= 0.3 is 0 Å². The normalized spacial score (nSPS) is 9.95. The van der Waals surface area contributed by atoms with Crippen LogP contribution in [0.4, 0.5) is 0 Å². The first-order valence-corrected chi connectivity index (χ1v) is 7.08. The number of rotatable bonds is 3. The summed E-state index contributed by atoms with van der Waals surface area (Å²) in [4.78, 5) is 0. The van der Waals surface area contributed by atoms with Crippen LogP contribution < -0.4 is 0 Å². The molecular formula is C20H24. The van der Waals surface area contributed by atoms with Gasteiger partial charge in [-0.05, 0) is 37.0 Å². The predicted molar refractivity (Wildman–Crippen MR) is 91.8 cm³/mol. The molecule has 0 atom stereocenters. The fraction of sp³-hybridized carbons (Fsp3) is 0.200. The maximum Gasteiger partial charge on any atom is -0.0233 e. The van der Waals surface area contributed by atoms with Crippen molar-refractivity contribution >= 4 is 12.2 Å². The topological polar surface area (TPSA) is 0 Å². The number of allylic oxidation sites excluding steroid dienone is 1. The van der Waals surface area contributed by atoms with Gasteiger partial charge in [0.1, 0.15) is 0 Å². The molecule has 0 spiro atoms. The third-order valence-corrected chi connectivity index (χ3v) is 2.99. The van der Waals surface area contributed by atoms with Crippen molar-refractivity contribution in [1.29, 1.82) is 0 Å². The fourth-order valence-corrected chi connectivity index (χ4v) is 1.87. The highest BCUT2D eigenvalue weighted by Crippen LogP contribution is 2.10. The highest BCUT2D eigenvalue weighted by atomic mass is 14.0. The Morgan fingerprint density at radius 3 is 2.25 bits per heavy atom. The molecule has 0 saturated heterocycles. The molecule has 0 nitrogen and oxygen atoms in total. The van der Waals surface area contributed by atoms with Gasteiger partial charge in [-0.15, -0.1) is 0 Å². The minimum Gasteiger partial charge on any atom is -0.0985 e. The zero-order chi connectivity index (χ0) is 14.8. The molecule has 104 valence electrons. The molecular weight excluding hydrogens is 240 g/mol. The second-order valence-corrected chi connectivity index (χ2v) is 4.79. The molecule has 2 aromatic rings. The van der Waals surface area contributed by atoms with Crippen molar-refractivity contribution < 1.29 is 0 Å². The van der Waals surface area contributed by atoms with Crippen LogP contribution >= 0.6 is 0 Å². The highest BCUT2D eigenvalue weighted by molar-refractivity contribution is 5.52. The van der Waals surface area contributed by atoms with E-state index in [4.69, 9.17) is 0 Å². The van der Waals surface area contributed by atoms with E-state index in [1.54, 1.807) is 0 Å². The minimum atomic E-state index is 1.11. The second-order valence-electron chi connectivity index (χ2n) is 4.79. The molecule has 0 radical (unpaired) electrons. The van der Waals surface area contributed by atoms with Crippen LogP contribution in [-0.2, 0) is 0 Å². The zero-order valence-electron chi connectivity index (χ0n) is 12.8. The Kier molecular flexibility index (Phi) is 7.13. The van der Waals surface area contributed by atoms with Crippen LogP contribution in [0.5, 0.6) is 0 Å². The molecule has 0 heterocycles. The molecule has 0 fully saturated rings. The molecule has 20 heavy (non-hydrogen) atoms. The summed E-state index contributed by atoms with van der Waals surface area (Å²) in [7, 11) is 0. The van der Waals surface area contributed by atoms with E-state index >= 15 is 0 Å². The minimum absolute atomic E-state index is 1.11. The van der Waals surface area contributed by atoms with Crippen molar-refractivity contribution in [3.8, 4) is 0 Å². The Balaban J connectivity index is 0.000000200. The molecule has 0 aliphatic rings. The molecule has 0 amide bonds. The highest BCUT2D eigenvalue weighted by Gasteiger charge is 1.91. The maximum absolute atomic E-state index is 3.72. The van der Waals surface area contributed by atoms with Gasteiger partial charge in [0.15, 0.2) is 0 Å². The van der Waals surface area contributed by atoms with Gasteiger partial charge in [0.2, 0.25) is 0 Å². The lowest BCUT2D eigenvalue weighted by Crippen LogP contribution is -1.80. The van der Waals surface area contributed by atoms with Gasteiger partial charge in [0.05, 0.1) is 0 Å². The molecule has 0 aliphatic carbocycles. The van der Waals surface area contributed by atoms with Crippen molar-refractivity contribution in [3.63, 3.8) is 0 Å². The van der Waals surface area contributed by atoms with Gasteiger partial charge in [-0.1, -0.05) is 85.8 Å². The van der Waals surface area contributed by atoms with Crippen LogP contribution in [0.1, 0.15) is 35.6 Å². The Hall–Kier alpha value is -2.08. The third-order valence-electron chi connectivity index (χ3n) is 2.99. The standard InChI is InChI=1S/2C10H12/c1-4-10-6-5-8(2)7-9(10)3;1-2-3-7-10-8-5-4-6-9-10/h4-7H,1H2,2-3H3;3-9H,2H2,1H3. The summed E-state index contributed by atoms with van der Waals surface area (Å²) in [5, 5.41) is 0. The van der Waals surface area contributed by atoms with Crippen LogP contribution in [0.2, 0.25) is 0 Å². The molecule has 0 bridgehead atoms. The summed E-state index contributed by atoms with van der Waals surface area (Å²) in [6.45, 7) is 10.1. The average Bonchev–Trinajstić information content (AvgIpc) is 2.47. The lowest BCUT2D eigenvalue weighted by molar-refractivity contribution is 1.23. The third kappa shape index (κ3) is 5.71. The summed E-state index contributed by atoms with van der Waals surface area (Å²) in [5.74, 6) is 0. The van der Waals surface area contributed by atoms with Gasteiger partial charge in [0, 0.05) is 0 Å². The Bertz CT molecular complexity index is 548. The van der Waals surface area contributed by atoms with Gasteiger partial charge in [0.25, 0.3) is 0 Å². The quantitative estimate of drug-likeness (QED) is 0.632. The molecule has 0 unspecified atom stereocenters. The van der Waals surface area contributed by atoms with Gasteiger partial charge in [-0.3, -0.25) is 0 Å². The molecule has 0 saturated carbocycles. The maximum atomic E-state index is 3.72. The Labute approximate surface area is 123 Å². The van der Waals surface area contributed by atoms with E-state index in [1.807, 2.05) is 12.1 Å². The Morgan fingerprint density at radius 2 is 1.70 bits per heavy atom. The van der Waals surface area contributed by atoms with Crippen molar-refractivity contribution in [1.82, 2.24) is 0 Å². The zero-order valence-corrected chi connectivity index (χ0v) is 12.8. The first-order valence-electron chi connectivity index (χ1n) is 7.08. The van der Waals surface area contributed by atoms with E-state index in [9.17, 15) is 0 Å². The van der Waals surface area contributed by atoms with E-state index in [0.29, 0.717) is 0 Å². The predicted octanol–water partition coefficient (Wildman–Crippen LogP) is 6.06. The lowest BCUT2D eigenvalue weighted by Gasteiger charge is -1.99. The first kappa shape index (κ1) is 16.0. The summed E-state index contributed by atoms with van der Waals surface area (Å²) < 4.78 is 0. The van der Waals surface area contributed by atoms with Crippen LogP contribution in [-0.4, -0.2) is 0 Å². The van der Waals surface area contributed by atoms with Crippen molar-refractivity contribution in [2.45, 2.75) is 27.2 Å². The van der Waals surface area contributed by atoms with E-state index in [0.717, 1.165) is 6.42 Å². The molecule has 2 aromatic carbocycles. The van der Waals surface area contributed by atoms with Crippen LogP contribution in [0, 0.1) is 13.8 Å². The molecule has 0 aliphatic heterocycles. The average molecular weight is 264 g/mol. The molecule has 0 N–H and O–H groups in total. The van der Waals surface area contributed by atoms with Gasteiger partial charge in [-0.2, -0.15) is 0 Å². The van der Waals surface area contributed by atoms with E-state index in [2.05, 4.69) is 82.0 Å². The molecule has 2 rings (SSSR count). The Morgan fingerprint density at radius 1 is 1.00 bits per heavy atom. The van der Waals surface area contributed by atoms with E-state index < -0.39 is 0 Å². The smallest absolute Gasteiger partial charge is 0.0233 e. The summed E-state index contributed by atoms with van der Waals surface area (Å²) >= 11 is 0. The van der Waals surface area contributed by atoms with Crippen molar-refractivity contribution in [2.75, 3.05) is 0 Å². The number of benzene rings is 2. The van der Waals surface area contributed by atoms with Crippen LogP contribution in [0.25, 0.3) is 12.2 Å². The van der Waals surface area contributed by atoms with Crippen molar-refractivity contribution in [2.24, 2.45) is 0 Å². The van der Waals surface area contributed by atoms with Gasteiger partial charge < -0.3 is 0 Å². The van der Waals surface area contributed by atoms with Crippen LogP contribution in [0.15, 0.2) is 61.2 Å². The molecule has 0 aromatic heterocycles.